The van der Waals surface area contributed by atoms with Gasteiger partial charge in [-0.05, 0) is 5.53 Å². The number of nitrogens with zero attached hydrogens (tertiary/aromatic N) is 3. The molecule has 0 aliphatic heterocycles. The lowest BCUT2D eigenvalue weighted by Gasteiger charge is -1.96. The molecular weight excluding hydrogens is 236 g/mol. The van der Waals surface area contributed by atoms with E-state index in [0.717, 1.165) is 0 Å². The number of rotatable bonds is 3. The Kier molecular flexibility index (Phi) is 3.49. The highest BCUT2D eigenvalue weighted by atomic mass is 79.9. The number of alkyl halides is 1. The standard InChI is InChI=1S/C8H6BrN3O/c9-5-8(13)6-1-3-7(4-2-6)11-12-10/h1-4H,5H2/i5+2. The highest BCUT2D eigenvalue weighted by Crippen LogP contribution is 2.13. The summed E-state index contributed by atoms with van der Waals surface area (Å²) in [6.45, 7) is 0. The normalized spacial score (nSPS) is 9.00. The first kappa shape index (κ1) is 9.77. The summed E-state index contributed by atoms with van der Waals surface area (Å²) < 4.78 is 0. The van der Waals surface area contributed by atoms with E-state index in [1.807, 2.05) is 0 Å². The van der Waals surface area contributed by atoms with Crippen LogP contribution in [0, 0.1) is 0 Å². The van der Waals surface area contributed by atoms with Gasteiger partial charge in [-0.1, -0.05) is 45.3 Å². The molecule has 0 atom stereocenters. The van der Waals surface area contributed by atoms with E-state index in [-0.39, 0.29) is 5.78 Å². The van der Waals surface area contributed by atoms with Crippen molar-refractivity contribution < 1.29 is 4.79 Å². The van der Waals surface area contributed by atoms with Crippen molar-refractivity contribution in [2.45, 2.75) is 0 Å². The first-order valence-electron chi connectivity index (χ1n) is 3.52. The number of hydrogen-bond donors (Lipinski definition) is 0. The second-order valence-electron chi connectivity index (χ2n) is 2.29. The molecule has 0 aliphatic carbocycles. The summed E-state index contributed by atoms with van der Waals surface area (Å²) >= 11 is 3.07. The lowest BCUT2D eigenvalue weighted by atomic mass is 10.2. The molecule has 0 unspecified atom stereocenters. The van der Waals surface area contributed by atoms with Gasteiger partial charge in [-0.3, -0.25) is 4.79 Å². The maximum absolute atomic E-state index is 11.1. The third-order valence-electron chi connectivity index (χ3n) is 1.47. The molecule has 5 heteroatoms. The summed E-state index contributed by atoms with van der Waals surface area (Å²) in [5.41, 5.74) is 9.24. The van der Waals surface area contributed by atoms with Crippen molar-refractivity contribution in [3.8, 4) is 0 Å². The first-order valence-corrected chi connectivity index (χ1v) is 4.64. The van der Waals surface area contributed by atoms with Gasteiger partial charge in [0.05, 0.1) is 5.33 Å². The molecule has 0 fully saturated rings. The van der Waals surface area contributed by atoms with Crippen LogP contribution < -0.4 is 0 Å². The molecular formula is C8H6BrN3O. The molecule has 0 aliphatic rings. The smallest absolute Gasteiger partial charge is 0.173 e. The number of hydrogen-bond acceptors (Lipinski definition) is 2. The van der Waals surface area contributed by atoms with Crippen LogP contribution >= 0.6 is 15.9 Å². The van der Waals surface area contributed by atoms with Gasteiger partial charge in [-0.2, -0.15) is 0 Å². The molecule has 66 valence electrons. The van der Waals surface area contributed by atoms with E-state index in [2.05, 4.69) is 26.0 Å². The molecule has 1 aromatic carbocycles. The van der Waals surface area contributed by atoms with Gasteiger partial charge in [0, 0.05) is 16.2 Å². The SMILES string of the molecule is [N-]=[N+]=Nc1ccc(C(=O)[14CH2]Br)cc1. The van der Waals surface area contributed by atoms with Crippen LogP contribution in [0.4, 0.5) is 5.69 Å². The summed E-state index contributed by atoms with van der Waals surface area (Å²) in [5.74, 6) is 0.00693. The molecule has 1 aromatic rings. The first-order chi connectivity index (χ1) is 6.27. The molecule has 0 spiro atoms. The van der Waals surface area contributed by atoms with Crippen LogP contribution in [0.25, 0.3) is 10.4 Å². The molecule has 0 saturated carbocycles. The highest BCUT2D eigenvalue weighted by molar-refractivity contribution is 9.09. The van der Waals surface area contributed by atoms with Gasteiger partial charge in [0.25, 0.3) is 0 Å². The van der Waals surface area contributed by atoms with Crippen molar-refractivity contribution >= 4 is 27.4 Å². The molecule has 0 heterocycles. The van der Waals surface area contributed by atoms with Crippen LogP contribution in [0.2, 0.25) is 0 Å². The summed E-state index contributed by atoms with van der Waals surface area (Å²) in [4.78, 5) is 13.8. The fourth-order valence-corrected chi connectivity index (χ4v) is 1.17. The second-order valence-corrected chi connectivity index (χ2v) is 2.85. The summed E-state index contributed by atoms with van der Waals surface area (Å²) in [6, 6.07) is 6.48. The van der Waals surface area contributed by atoms with Crippen molar-refractivity contribution in [2.24, 2.45) is 5.11 Å². The van der Waals surface area contributed by atoms with Gasteiger partial charge in [0.1, 0.15) is 0 Å². The van der Waals surface area contributed by atoms with E-state index in [1.54, 1.807) is 24.3 Å². The Hall–Kier alpha value is -1.32. The predicted octanol–water partition coefficient (Wildman–Crippen LogP) is 3.21. The van der Waals surface area contributed by atoms with E-state index >= 15 is 0 Å². The van der Waals surface area contributed by atoms with Gasteiger partial charge in [-0.15, -0.1) is 0 Å². The zero-order chi connectivity index (χ0) is 9.68. The van der Waals surface area contributed by atoms with Gasteiger partial charge in [-0.25, -0.2) is 0 Å². The topological polar surface area (TPSA) is 65.8 Å². The average Bonchev–Trinajstić information content (AvgIpc) is 2.18. The maximum atomic E-state index is 11.1. The van der Waals surface area contributed by atoms with E-state index in [1.165, 1.54) is 0 Å². The number of benzene rings is 1. The number of carbonyl (C=O) groups excluding carboxylic acids is 1. The molecule has 4 nitrogen and oxygen atoms in total. The van der Waals surface area contributed by atoms with Crippen LogP contribution in [0.15, 0.2) is 29.4 Å². The van der Waals surface area contributed by atoms with Crippen LogP contribution in [0.3, 0.4) is 0 Å². The quantitative estimate of drug-likeness (QED) is 0.264. The van der Waals surface area contributed by atoms with Crippen LogP contribution in [0.1, 0.15) is 10.4 Å². The van der Waals surface area contributed by atoms with Crippen molar-refractivity contribution in [3.05, 3.63) is 40.3 Å². The monoisotopic (exact) mass is 241 g/mol. The summed E-state index contributed by atoms with van der Waals surface area (Å²) in [7, 11) is 0. The molecule has 0 aromatic heterocycles. The Balaban J connectivity index is 2.93. The van der Waals surface area contributed by atoms with Crippen molar-refractivity contribution in [1.82, 2.24) is 0 Å². The minimum absolute atomic E-state index is 0.00693. The van der Waals surface area contributed by atoms with Crippen LogP contribution in [-0.4, -0.2) is 11.1 Å². The van der Waals surface area contributed by atoms with Crippen LogP contribution in [0.5, 0.6) is 0 Å². The second kappa shape index (κ2) is 4.64. The minimum atomic E-state index is 0.00693. The maximum Gasteiger partial charge on any atom is 0.173 e. The van der Waals surface area contributed by atoms with Gasteiger partial charge in [0.2, 0.25) is 0 Å². The number of halogens is 1. The Labute approximate surface area is 83.3 Å². The molecule has 0 amide bonds. The molecule has 0 radical (unpaired) electrons. The Morgan fingerprint density at radius 3 is 2.54 bits per heavy atom. The van der Waals surface area contributed by atoms with E-state index in [0.29, 0.717) is 16.6 Å². The number of azide groups is 1. The predicted molar refractivity (Wildman–Crippen MR) is 53.4 cm³/mol. The Morgan fingerprint density at radius 1 is 1.46 bits per heavy atom. The largest absolute Gasteiger partial charge is 0.293 e. The summed E-state index contributed by atoms with van der Waals surface area (Å²) in [6.07, 6.45) is 0. The zero-order valence-electron chi connectivity index (χ0n) is 6.64. The fraction of sp³-hybridized carbons (Fsp3) is 0.125. The van der Waals surface area contributed by atoms with Crippen molar-refractivity contribution in [3.63, 3.8) is 0 Å². The molecule has 13 heavy (non-hydrogen) atoms. The lowest BCUT2D eigenvalue weighted by Crippen LogP contribution is -1.98. The molecule has 0 saturated heterocycles. The van der Waals surface area contributed by atoms with E-state index < -0.39 is 0 Å². The van der Waals surface area contributed by atoms with E-state index in [9.17, 15) is 4.79 Å². The van der Waals surface area contributed by atoms with Gasteiger partial charge in [0.15, 0.2) is 5.78 Å². The third kappa shape index (κ3) is 2.57. The van der Waals surface area contributed by atoms with Crippen molar-refractivity contribution in [1.29, 1.82) is 0 Å². The fourth-order valence-electron chi connectivity index (χ4n) is 0.843. The number of carbonyl (C=O) groups is 1. The van der Waals surface area contributed by atoms with Gasteiger partial charge >= 0.3 is 0 Å². The summed E-state index contributed by atoms with van der Waals surface area (Å²) in [5, 5.41) is 3.69. The molecule has 0 N–H and O–H groups in total. The van der Waals surface area contributed by atoms with Crippen LogP contribution in [-0.2, 0) is 0 Å². The Bertz CT molecular complexity index is 354. The lowest BCUT2D eigenvalue weighted by molar-refractivity contribution is 0.102. The average molecular weight is 242 g/mol. The molecule has 0 bridgehead atoms. The van der Waals surface area contributed by atoms with Gasteiger partial charge < -0.3 is 0 Å². The van der Waals surface area contributed by atoms with E-state index in [4.69, 9.17) is 5.53 Å². The highest BCUT2D eigenvalue weighted by Gasteiger charge is 2.01. The number of Topliss-reactive ketones (excluding diaryl/α,β-unsaturated/α-hetero) is 1. The number of ketones is 1. The molecule has 1 rings (SSSR count). The Morgan fingerprint density at radius 2 is 2.08 bits per heavy atom. The zero-order valence-corrected chi connectivity index (χ0v) is 8.23. The minimum Gasteiger partial charge on any atom is -0.293 e. The van der Waals surface area contributed by atoms with Crippen molar-refractivity contribution in [2.75, 3.05) is 5.33 Å². The third-order valence-corrected chi connectivity index (χ3v) is 1.98.